The van der Waals surface area contributed by atoms with E-state index in [9.17, 15) is 4.79 Å². The summed E-state index contributed by atoms with van der Waals surface area (Å²) < 4.78 is 5.51. The van der Waals surface area contributed by atoms with Crippen LogP contribution < -0.4 is 5.32 Å². The monoisotopic (exact) mass is 368 g/mol. The number of carbonyl (C=O) groups excluding carboxylic acids is 1. The molecule has 3 aromatic rings. The van der Waals surface area contributed by atoms with E-state index in [1.807, 2.05) is 32.9 Å². The first-order valence-corrected chi connectivity index (χ1v) is 9.33. The highest BCUT2D eigenvalue weighted by Gasteiger charge is 2.30. The number of hydrogen-bond acceptors (Lipinski definition) is 5. The Kier molecular flexibility index (Phi) is 4.55. The van der Waals surface area contributed by atoms with Crippen LogP contribution in [0.5, 0.6) is 0 Å². The van der Waals surface area contributed by atoms with Gasteiger partial charge in [0.05, 0.1) is 11.2 Å². The van der Waals surface area contributed by atoms with Gasteiger partial charge < -0.3 is 15.0 Å². The van der Waals surface area contributed by atoms with E-state index in [2.05, 4.69) is 30.5 Å². The summed E-state index contributed by atoms with van der Waals surface area (Å²) in [5.74, 6) is 1.03. The molecule has 0 aliphatic heterocycles. The molecule has 1 amide bonds. The molecule has 0 unspecified atom stereocenters. The zero-order valence-electron chi connectivity index (χ0n) is 15.7. The molecule has 0 spiro atoms. The number of hydrogen-bond donors (Lipinski definition) is 3. The van der Waals surface area contributed by atoms with Crippen LogP contribution in [-0.2, 0) is 4.74 Å². The fourth-order valence-electron chi connectivity index (χ4n) is 3.61. The van der Waals surface area contributed by atoms with Gasteiger partial charge in [-0.25, -0.2) is 9.78 Å². The van der Waals surface area contributed by atoms with E-state index >= 15 is 0 Å². The topological polar surface area (TPSA) is 109 Å². The van der Waals surface area contributed by atoms with Gasteiger partial charge in [-0.1, -0.05) is 0 Å². The van der Waals surface area contributed by atoms with Gasteiger partial charge in [-0.2, -0.15) is 5.10 Å². The number of imidazole rings is 1. The van der Waals surface area contributed by atoms with Gasteiger partial charge in [0, 0.05) is 23.9 Å². The van der Waals surface area contributed by atoms with E-state index in [0.717, 1.165) is 53.2 Å². The zero-order chi connectivity index (χ0) is 19.0. The normalized spacial score (nSPS) is 19.7. The van der Waals surface area contributed by atoms with Gasteiger partial charge in [0.15, 0.2) is 5.82 Å². The molecule has 1 fully saturated rings. The van der Waals surface area contributed by atoms with Crippen LogP contribution in [0.1, 0.15) is 50.4 Å². The molecule has 8 nitrogen and oxygen atoms in total. The van der Waals surface area contributed by atoms with E-state index < -0.39 is 0 Å². The quantitative estimate of drug-likeness (QED) is 0.654. The van der Waals surface area contributed by atoms with Gasteiger partial charge in [0.2, 0.25) is 0 Å². The second-order valence-corrected chi connectivity index (χ2v) is 7.42. The number of nitrogens with zero attached hydrogens (tertiary/aromatic N) is 3. The van der Waals surface area contributed by atoms with Crippen molar-refractivity contribution in [2.45, 2.75) is 58.1 Å². The van der Waals surface area contributed by atoms with Gasteiger partial charge in [-0.15, -0.1) is 0 Å². The van der Waals surface area contributed by atoms with E-state index in [0.29, 0.717) is 5.92 Å². The average molecular weight is 368 g/mol. The Bertz CT molecular complexity index is 960. The molecule has 8 heteroatoms. The first kappa shape index (κ1) is 17.5. The molecular formula is C19H24N6O2. The highest BCUT2D eigenvalue weighted by Crippen LogP contribution is 2.36. The molecule has 1 aliphatic rings. The first-order chi connectivity index (χ1) is 13.0. The maximum Gasteiger partial charge on any atom is 0.407 e. The number of aromatic amines is 2. The Balaban J connectivity index is 1.45. The minimum Gasteiger partial charge on any atom is -0.446 e. The van der Waals surface area contributed by atoms with Gasteiger partial charge >= 0.3 is 6.09 Å². The molecular weight excluding hydrogens is 344 g/mol. The highest BCUT2D eigenvalue weighted by molar-refractivity contribution is 5.80. The van der Waals surface area contributed by atoms with Crippen LogP contribution in [0.15, 0.2) is 18.3 Å². The van der Waals surface area contributed by atoms with Crippen LogP contribution >= 0.6 is 0 Å². The lowest BCUT2D eigenvalue weighted by atomic mass is 10.0. The van der Waals surface area contributed by atoms with Crippen LogP contribution in [-0.4, -0.2) is 43.4 Å². The molecule has 1 saturated carbocycles. The van der Waals surface area contributed by atoms with Crippen molar-refractivity contribution in [2.75, 3.05) is 0 Å². The molecule has 2 atom stereocenters. The summed E-state index contributed by atoms with van der Waals surface area (Å²) in [6, 6.07) is 4.02. The van der Waals surface area contributed by atoms with Crippen molar-refractivity contribution in [3.05, 3.63) is 29.7 Å². The standard InChI is InChI=1S/C19H24N6O2/c1-10(2)21-19(26)27-13-5-4-12(8-13)15-9-16(25-24-15)18-22-14-6-7-20-11(3)17(14)23-18/h6-7,9-10,12-13H,4-5,8H2,1-3H3,(H,21,26)(H,22,23)(H,24,25)/t12-,13+/m0/s1. The molecule has 4 rings (SSSR count). The van der Waals surface area contributed by atoms with Crippen molar-refractivity contribution >= 4 is 17.1 Å². The number of rotatable bonds is 4. The maximum atomic E-state index is 11.8. The number of pyridine rings is 1. The Morgan fingerprint density at radius 3 is 3.00 bits per heavy atom. The SMILES string of the molecule is Cc1nccc2[nH]c(-c3cc([C@H]4CC[C@@H](OC(=O)NC(C)C)C4)[nH]n3)nc12. The van der Waals surface area contributed by atoms with Crippen LogP contribution in [0.2, 0.25) is 0 Å². The summed E-state index contributed by atoms with van der Waals surface area (Å²) in [6.07, 6.45) is 4.00. The Labute approximate surface area is 157 Å². The molecule has 3 aromatic heterocycles. The number of fused-ring (bicyclic) bond motifs is 1. The highest BCUT2D eigenvalue weighted by atomic mass is 16.6. The number of aromatic nitrogens is 5. The van der Waals surface area contributed by atoms with Crippen LogP contribution in [0.25, 0.3) is 22.6 Å². The van der Waals surface area contributed by atoms with E-state index in [1.54, 1.807) is 6.20 Å². The summed E-state index contributed by atoms with van der Waals surface area (Å²) in [5, 5.41) is 10.3. The van der Waals surface area contributed by atoms with E-state index in [-0.39, 0.29) is 18.2 Å². The molecule has 0 saturated heterocycles. The molecule has 3 heterocycles. The third-order valence-corrected chi connectivity index (χ3v) is 4.93. The van der Waals surface area contributed by atoms with Crippen molar-refractivity contribution in [2.24, 2.45) is 0 Å². The lowest BCUT2D eigenvalue weighted by Gasteiger charge is -2.14. The Morgan fingerprint density at radius 2 is 2.22 bits per heavy atom. The van der Waals surface area contributed by atoms with Crippen LogP contribution in [0.4, 0.5) is 4.79 Å². The molecule has 0 bridgehead atoms. The van der Waals surface area contributed by atoms with Crippen molar-refractivity contribution in [1.29, 1.82) is 0 Å². The first-order valence-electron chi connectivity index (χ1n) is 9.33. The number of carbonyl (C=O) groups is 1. The average Bonchev–Trinajstić information content (AvgIpc) is 3.32. The van der Waals surface area contributed by atoms with Gasteiger partial charge in [-0.05, 0) is 52.2 Å². The third kappa shape index (κ3) is 3.65. The fraction of sp³-hybridized carbons (Fsp3) is 0.474. The van der Waals surface area contributed by atoms with Crippen molar-refractivity contribution < 1.29 is 9.53 Å². The van der Waals surface area contributed by atoms with Gasteiger partial charge in [0.1, 0.15) is 17.3 Å². The number of aryl methyl sites for hydroxylation is 1. The summed E-state index contributed by atoms with van der Waals surface area (Å²) in [6.45, 7) is 5.78. The number of alkyl carbamates (subject to hydrolysis) is 1. The Morgan fingerprint density at radius 1 is 1.37 bits per heavy atom. The van der Waals surface area contributed by atoms with Gasteiger partial charge in [0.25, 0.3) is 0 Å². The fourth-order valence-corrected chi connectivity index (χ4v) is 3.61. The summed E-state index contributed by atoms with van der Waals surface area (Å²) >= 11 is 0. The number of nitrogens with one attached hydrogen (secondary N) is 3. The molecule has 1 aliphatic carbocycles. The third-order valence-electron chi connectivity index (χ3n) is 4.93. The summed E-state index contributed by atoms with van der Waals surface area (Å²) in [5.41, 5.74) is 4.54. The van der Waals surface area contributed by atoms with Crippen molar-refractivity contribution in [1.82, 2.24) is 30.5 Å². The second-order valence-electron chi connectivity index (χ2n) is 7.42. The smallest absolute Gasteiger partial charge is 0.407 e. The van der Waals surface area contributed by atoms with Gasteiger partial charge in [-0.3, -0.25) is 10.1 Å². The predicted molar refractivity (Wildman–Crippen MR) is 101 cm³/mol. The molecule has 3 N–H and O–H groups in total. The minimum absolute atomic E-state index is 0.0552. The number of amides is 1. The summed E-state index contributed by atoms with van der Waals surface area (Å²) in [4.78, 5) is 24.0. The lowest BCUT2D eigenvalue weighted by molar-refractivity contribution is 0.0981. The Hall–Kier alpha value is -2.90. The maximum absolute atomic E-state index is 11.8. The minimum atomic E-state index is -0.341. The van der Waals surface area contributed by atoms with Crippen LogP contribution in [0, 0.1) is 6.92 Å². The second kappa shape index (κ2) is 7.02. The summed E-state index contributed by atoms with van der Waals surface area (Å²) in [7, 11) is 0. The molecule has 0 aromatic carbocycles. The molecule has 142 valence electrons. The van der Waals surface area contributed by atoms with Crippen molar-refractivity contribution in [3.8, 4) is 11.5 Å². The largest absolute Gasteiger partial charge is 0.446 e. The van der Waals surface area contributed by atoms with Crippen molar-refractivity contribution in [3.63, 3.8) is 0 Å². The zero-order valence-corrected chi connectivity index (χ0v) is 15.7. The predicted octanol–water partition coefficient (Wildman–Crippen LogP) is 3.43. The number of H-pyrrole nitrogens is 2. The molecule has 27 heavy (non-hydrogen) atoms. The molecule has 0 radical (unpaired) electrons. The van der Waals surface area contributed by atoms with E-state index in [4.69, 9.17) is 4.74 Å². The van der Waals surface area contributed by atoms with E-state index in [1.165, 1.54) is 0 Å². The lowest BCUT2D eigenvalue weighted by Crippen LogP contribution is -2.33. The van der Waals surface area contributed by atoms with Crippen LogP contribution in [0.3, 0.4) is 0 Å². The number of ether oxygens (including phenoxy) is 1.